The highest BCUT2D eigenvalue weighted by Crippen LogP contribution is 2.21. The highest BCUT2D eigenvalue weighted by molar-refractivity contribution is 7.99. The van der Waals surface area contributed by atoms with Gasteiger partial charge in [0, 0.05) is 32.4 Å². The van der Waals surface area contributed by atoms with Crippen molar-refractivity contribution < 1.29 is 0 Å². The van der Waals surface area contributed by atoms with E-state index in [1.165, 1.54) is 27.2 Å². The number of para-hydroxylation sites is 1. The molecule has 0 saturated carbocycles. The number of benzene rings is 1. The lowest BCUT2D eigenvalue weighted by molar-refractivity contribution is 0.518. The molecule has 0 amide bonds. The lowest BCUT2D eigenvalue weighted by atomic mass is 10.2. The van der Waals surface area contributed by atoms with Gasteiger partial charge in [-0.05, 0) is 32.4 Å². The van der Waals surface area contributed by atoms with E-state index < -0.39 is 0 Å². The van der Waals surface area contributed by atoms with E-state index >= 15 is 0 Å². The van der Waals surface area contributed by atoms with Crippen LogP contribution in [0, 0.1) is 0 Å². The molecular formula is C21H24N6O3S. The van der Waals surface area contributed by atoms with Crippen molar-refractivity contribution in [3.05, 3.63) is 61.8 Å². The fourth-order valence-electron chi connectivity index (χ4n) is 3.66. The predicted octanol–water partition coefficient (Wildman–Crippen LogP) is 1.91. The number of fused-ring (bicyclic) bond motifs is 2. The summed E-state index contributed by atoms with van der Waals surface area (Å²) >= 11 is 1.46. The van der Waals surface area contributed by atoms with Gasteiger partial charge in [-0.15, -0.1) is 0 Å². The highest BCUT2D eigenvalue weighted by atomic mass is 32.2. The summed E-state index contributed by atoms with van der Waals surface area (Å²) in [6.07, 6.45) is 2.10. The molecule has 0 aliphatic carbocycles. The Morgan fingerprint density at radius 1 is 1.06 bits per heavy atom. The first-order chi connectivity index (χ1) is 14.8. The molecule has 0 N–H and O–H groups in total. The van der Waals surface area contributed by atoms with E-state index in [0.29, 0.717) is 39.4 Å². The molecule has 0 fully saturated rings. The molecule has 0 spiro atoms. The fourth-order valence-corrected chi connectivity index (χ4v) is 4.71. The molecule has 3 heterocycles. The summed E-state index contributed by atoms with van der Waals surface area (Å²) in [5.74, 6) is 0.608. The Hall–Kier alpha value is -3.14. The van der Waals surface area contributed by atoms with E-state index in [0.717, 1.165) is 0 Å². The summed E-state index contributed by atoms with van der Waals surface area (Å²) in [4.78, 5) is 47.2. The molecule has 9 nitrogen and oxygen atoms in total. The summed E-state index contributed by atoms with van der Waals surface area (Å²) in [6.45, 7) is 4.18. The Morgan fingerprint density at radius 3 is 2.55 bits per heavy atom. The highest BCUT2D eigenvalue weighted by Gasteiger charge is 2.16. The van der Waals surface area contributed by atoms with E-state index in [1.807, 2.05) is 32.0 Å². The fraction of sp³-hybridized carbons (Fsp3) is 0.381. The van der Waals surface area contributed by atoms with Crippen molar-refractivity contribution in [3.63, 3.8) is 0 Å². The monoisotopic (exact) mass is 440 g/mol. The number of aromatic nitrogens is 6. The molecular weight excluding hydrogens is 416 g/mol. The lowest BCUT2D eigenvalue weighted by Gasteiger charge is -2.16. The van der Waals surface area contributed by atoms with Crippen LogP contribution in [0.2, 0.25) is 0 Å². The van der Waals surface area contributed by atoms with Crippen LogP contribution in [-0.4, -0.2) is 34.0 Å². The minimum atomic E-state index is -0.385. The smallest absolute Gasteiger partial charge is 0.328 e. The van der Waals surface area contributed by atoms with Gasteiger partial charge in [-0.1, -0.05) is 23.9 Å². The molecule has 10 heteroatoms. The zero-order chi connectivity index (χ0) is 22.3. The van der Waals surface area contributed by atoms with Crippen molar-refractivity contribution in [1.82, 2.24) is 28.2 Å². The minimum absolute atomic E-state index is 0.0331. The molecule has 31 heavy (non-hydrogen) atoms. The second-order valence-corrected chi connectivity index (χ2v) is 8.77. The molecule has 0 bridgehead atoms. The minimum Gasteiger partial charge on any atom is -0.328 e. The van der Waals surface area contributed by atoms with Crippen LogP contribution >= 0.6 is 11.8 Å². The topological polar surface area (TPSA) is 96.7 Å². The number of nitrogens with zero attached hydrogens (tertiary/aromatic N) is 6. The van der Waals surface area contributed by atoms with Gasteiger partial charge in [-0.2, -0.15) is 0 Å². The van der Waals surface area contributed by atoms with Crippen molar-refractivity contribution in [2.75, 3.05) is 5.75 Å². The van der Waals surface area contributed by atoms with Crippen molar-refractivity contribution in [3.8, 4) is 0 Å². The average molecular weight is 441 g/mol. The average Bonchev–Trinajstić information content (AvgIpc) is 3.13. The Balaban J connectivity index is 1.59. The van der Waals surface area contributed by atoms with Crippen LogP contribution < -0.4 is 16.8 Å². The van der Waals surface area contributed by atoms with Crippen molar-refractivity contribution in [2.24, 2.45) is 14.1 Å². The zero-order valence-corrected chi connectivity index (χ0v) is 18.7. The maximum atomic E-state index is 12.9. The Labute approximate surface area is 182 Å². The molecule has 3 aromatic heterocycles. The van der Waals surface area contributed by atoms with Crippen LogP contribution in [0.15, 0.2) is 50.1 Å². The SMILES string of the molecule is CC(C)n1c(SCCCn2c(=O)c3c(ncn3C)n(C)c2=O)nc2ccccc2c1=O. The molecule has 0 aliphatic rings. The zero-order valence-electron chi connectivity index (χ0n) is 17.9. The standard InChI is InChI=1S/C21H24N6O3S/c1-13(2)27-18(28)14-8-5-6-9-15(14)23-20(27)31-11-7-10-26-19(29)16-17(22-12-24(16)3)25(4)21(26)30/h5-6,8-9,12-13H,7,10-11H2,1-4H3. The van der Waals surface area contributed by atoms with E-state index in [9.17, 15) is 14.4 Å². The lowest BCUT2D eigenvalue weighted by Crippen LogP contribution is -2.39. The van der Waals surface area contributed by atoms with Crippen LogP contribution in [0.1, 0.15) is 26.3 Å². The van der Waals surface area contributed by atoms with Crippen molar-refractivity contribution in [1.29, 1.82) is 0 Å². The summed E-state index contributed by atoms with van der Waals surface area (Å²) in [7, 11) is 3.35. The molecule has 1 aromatic carbocycles. The van der Waals surface area contributed by atoms with Gasteiger partial charge in [0.15, 0.2) is 16.3 Å². The van der Waals surface area contributed by atoms with Gasteiger partial charge in [0.1, 0.15) is 0 Å². The van der Waals surface area contributed by atoms with Crippen molar-refractivity contribution in [2.45, 2.75) is 38.0 Å². The number of hydrogen-bond acceptors (Lipinski definition) is 6. The summed E-state index contributed by atoms with van der Waals surface area (Å²) in [5.41, 5.74) is 0.660. The first-order valence-corrected chi connectivity index (χ1v) is 11.0. The van der Waals surface area contributed by atoms with Crippen LogP contribution in [-0.2, 0) is 20.6 Å². The number of imidazole rings is 1. The molecule has 162 valence electrons. The summed E-state index contributed by atoms with van der Waals surface area (Å²) in [6, 6.07) is 7.28. The normalized spacial score (nSPS) is 11.8. The second kappa shape index (κ2) is 8.18. The van der Waals surface area contributed by atoms with Gasteiger partial charge in [-0.25, -0.2) is 14.8 Å². The van der Waals surface area contributed by atoms with E-state index in [2.05, 4.69) is 9.97 Å². The first kappa shape index (κ1) is 21.1. The Kier molecular flexibility index (Phi) is 5.57. The first-order valence-electron chi connectivity index (χ1n) is 10.1. The molecule has 0 aliphatic heterocycles. The van der Waals surface area contributed by atoms with E-state index in [1.54, 1.807) is 29.3 Å². The summed E-state index contributed by atoms with van der Waals surface area (Å²) < 4.78 is 5.96. The molecule has 0 radical (unpaired) electrons. The number of rotatable bonds is 6. The third kappa shape index (κ3) is 3.60. The van der Waals surface area contributed by atoms with Crippen LogP contribution in [0.5, 0.6) is 0 Å². The number of thioether (sulfide) groups is 1. The third-order valence-corrected chi connectivity index (χ3v) is 6.29. The number of hydrogen-bond donors (Lipinski definition) is 0. The third-order valence-electron chi connectivity index (χ3n) is 5.25. The molecule has 0 saturated heterocycles. The number of aryl methyl sites for hydroxylation is 2. The van der Waals surface area contributed by atoms with Gasteiger partial charge in [0.05, 0.1) is 17.2 Å². The van der Waals surface area contributed by atoms with Gasteiger partial charge in [-0.3, -0.25) is 23.3 Å². The van der Waals surface area contributed by atoms with Gasteiger partial charge < -0.3 is 4.57 Å². The molecule has 4 aromatic rings. The predicted molar refractivity (Wildman–Crippen MR) is 122 cm³/mol. The van der Waals surface area contributed by atoms with Gasteiger partial charge >= 0.3 is 5.69 Å². The summed E-state index contributed by atoms with van der Waals surface area (Å²) in [5, 5.41) is 1.24. The van der Waals surface area contributed by atoms with Gasteiger partial charge in [0.2, 0.25) is 0 Å². The maximum Gasteiger partial charge on any atom is 0.332 e. The van der Waals surface area contributed by atoms with E-state index in [4.69, 9.17) is 0 Å². The maximum absolute atomic E-state index is 12.9. The quantitative estimate of drug-likeness (QED) is 0.258. The molecule has 0 unspecified atom stereocenters. The van der Waals surface area contributed by atoms with Crippen LogP contribution in [0.4, 0.5) is 0 Å². The molecule has 4 rings (SSSR count). The second-order valence-electron chi connectivity index (χ2n) is 7.71. The van der Waals surface area contributed by atoms with Crippen LogP contribution in [0.3, 0.4) is 0 Å². The van der Waals surface area contributed by atoms with Gasteiger partial charge in [0.25, 0.3) is 11.1 Å². The molecule has 0 atom stereocenters. The largest absolute Gasteiger partial charge is 0.332 e. The Bertz CT molecular complexity index is 1460. The van der Waals surface area contributed by atoms with E-state index in [-0.39, 0.29) is 29.4 Å². The van der Waals surface area contributed by atoms with Crippen LogP contribution in [0.25, 0.3) is 22.1 Å². The Morgan fingerprint density at radius 2 is 1.81 bits per heavy atom. The van der Waals surface area contributed by atoms with Crippen molar-refractivity contribution >= 4 is 33.8 Å².